The topological polar surface area (TPSA) is 20.2 Å². The maximum atomic E-state index is 10.1. The maximum absolute atomic E-state index is 10.1. The monoisotopic (exact) mass is 230 g/mol. The van der Waals surface area contributed by atoms with Crippen molar-refractivity contribution in [2.75, 3.05) is 0 Å². The summed E-state index contributed by atoms with van der Waals surface area (Å²) in [6.07, 6.45) is 8.73. The van der Waals surface area contributed by atoms with Gasteiger partial charge in [-0.15, -0.1) is 0 Å². The van der Waals surface area contributed by atoms with Crippen molar-refractivity contribution in [3.63, 3.8) is 0 Å². The molecule has 0 amide bonds. The molecule has 0 bridgehead atoms. The molecule has 0 radical (unpaired) electrons. The van der Waals surface area contributed by atoms with Crippen LogP contribution in [0.3, 0.4) is 0 Å². The van der Waals surface area contributed by atoms with Crippen molar-refractivity contribution in [3.8, 4) is 0 Å². The van der Waals surface area contributed by atoms with E-state index in [1.165, 1.54) is 42.4 Å². The fourth-order valence-electron chi connectivity index (χ4n) is 2.58. The van der Waals surface area contributed by atoms with Gasteiger partial charge in [0.1, 0.15) is 0 Å². The zero-order chi connectivity index (χ0) is 12.1. The first kappa shape index (κ1) is 12.4. The first-order valence-electron chi connectivity index (χ1n) is 6.65. The molecule has 1 heteroatoms. The molecule has 1 unspecified atom stereocenters. The fraction of sp³-hybridized carbons (Fsp3) is 0.500. The Morgan fingerprint density at radius 2 is 2.12 bits per heavy atom. The third-order valence-corrected chi connectivity index (χ3v) is 3.44. The molecule has 0 heterocycles. The SMILES string of the molecule is Cc1cccc(CC(O)CC2=CCCCC2)c1. The van der Waals surface area contributed by atoms with Crippen LogP contribution < -0.4 is 0 Å². The van der Waals surface area contributed by atoms with E-state index >= 15 is 0 Å². The molecule has 1 N–H and O–H groups in total. The Labute approximate surface area is 104 Å². The third-order valence-electron chi connectivity index (χ3n) is 3.44. The van der Waals surface area contributed by atoms with E-state index in [0.717, 1.165) is 12.8 Å². The molecule has 1 aromatic carbocycles. The number of benzene rings is 1. The van der Waals surface area contributed by atoms with Crippen molar-refractivity contribution in [2.24, 2.45) is 0 Å². The van der Waals surface area contributed by atoms with Crippen molar-refractivity contribution in [2.45, 2.75) is 51.6 Å². The lowest BCUT2D eigenvalue weighted by molar-refractivity contribution is 0.173. The summed E-state index contributed by atoms with van der Waals surface area (Å²) in [5.41, 5.74) is 3.97. The molecule has 0 saturated carbocycles. The van der Waals surface area contributed by atoms with Crippen LogP contribution in [0.1, 0.15) is 43.2 Å². The molecule has 0 aliphatic heterocycles. The van der Waals surface area contributed by atoms with Crippen LogP contribution in [0, 0.1) is 6.92 Å². The van der Waals surface area contributed by atoms with Crippen LogP contribution in [0.25, 0.3) is 0 Å². The molecule has 1 atom stereocenters. The number of hydrogen-bond donors (Lipinski definition) is 1. The van der Waals surface area contributed by atoms with Crippen molar-refractivity contribution >= 4 is 0 Å². The quantitative estimate of drug-likeness (QED) is 0.780. The molecule has 1 nitrogen and oxygen atoms in total. The molecule has 0 saturated heterocycles. The number of allylic oxidation sites excluding steroid dienone is 1. The summed E-state index contributed by atoms with van der Waals surface area (Å²) >= 11 is 0. The van der Waals surface area contributed by atoms with Gasteiger partial charge in [-0.1, -0.05) is 41.5 Å². The molecular formula is C16H22O. The molecule has 1 aliphatic rings. The van der Waals surface area contributed by atoms with Gasteiger partial charge < -0.3 is 5.11 Å². The Bertz CT molecular complexity index is 392. The van der Waals surface area contributed by atoms with Gasteiger partial charge in [0, 0.05) is 0 Å². The molecule has 1 aliphatic carbocycles. The van der Waals surface area contributed by atoms with Gasteiger partial charge in [0.25, 0.3) is 0 Å². The number of aliphatic hydroxyl groups is 1. The van der Waals surface area contributed by atoms with E-state index in [4.69, 9.17) is 0 Å². The highest BCUT2D eigenvalue weighted by Gasteiger charge is 2.10. The zero-order valence-electron chi connectivity index (χ0n) is 10.7. The molecular weight excluding hydrogens is 208 g/mol. The van der Waals surface area contributed by atoms with Crippen molar-refractivity contribution in [1.29, 1.82) is 0 Å². The maximum Gasteiger partial charge on any atom is 0.0617 e. The van der Waals surface area contributed by atoms with E-state index in [1.54, 1.807) is 0 Å². The van der Waals surface area contributed by atoms with Crippen LogP contribution in [0.4, 0.5) is 0 Å². The van der Waals surface area contributed by atoms with Crippen LogP contribution in [-0.2, 0) is 6.42 Å². The van der Waals surface area contributed by atoms with Crippen LogP contribution in [0.15, 0.2) is 35.9 Å². The second-order valence-electron chi connectivity index (χ2n) is 5.16. The van der Waals surface area contributed by atoms with Gasteiger partial charge >= 0.3 is 0 Å². The van der Waals surface area contributed by atoms with Crippen LogP contribution in [-0.4, -0.2) is 11.2 Å². The van der Waals surface area contributed by atoms with Gasteiger partial charge in [-0.3, -0.25) is 0 Å². The van der Waals surface area contributed by atoms with Gasteiger partial charge in [0.15, 0.2) is 0 Å². The number of aryl methyl sites for hydroxylation is 1. The minimum Gasteiger partial charge on any atom is -0.392 e. The highest BCUT2D eigenvalue weighted by Crippen LogP contribution is 2.22. The van der Waals surface area contributed by atoms with E-state index in [0.29, 0.717) is 0 Å². The van der Waals surface area contributed by atoms with Crippen LogP contribution in [0.2, 0.25) is 0 Å². The molecule has 92 valence electrons. The zero-order valence-corrected chi connectivity index (χ0v) is 10.7. The summed E-state index contributed by atoms with van der Waals surface area (Å²) < 4.78 is 0. The van der Waals surface area contributed by atoms with E-state index in [2.05, 4.69) is 37.3 Å². The lowest BCUT2D eigenvalue weighted by Gasteiger charge is -2.16. The van der Waals surface area contributed by atoms with Crippen molar-refractivity contribution < 1.29 is 5.11 Å². The summed E-state index contributed by atoms with van der Waals surface area (Å²) in [4.78, 5) is 0. The largest absolute Gasteiger partial charge is 0.392 e. The average Bonchev–Trinajstić information content (AvgIpc) is 2.30. The summed E-state index contributed by atoms with van der Waals surface area (Å²) in [6, 6.07) is 8.43. The number of aliphatic hydroxyl groups excluding tert-OH is 1. The molecule has 0 aromatic heterocycles. The molecule has 0 fully saturated rings. The van der Waals surface area contributed by atoms with Gasteiger partial charge in [-0.05, 0) is 51.0 Å². The predicted molar refractivity (Wildman–Crippen MR) is 72.1 cm³/mol. The second kappa shape index (κ2) is 6.02. The Morgan fingerprint density at radius 3 is 2.82 bits per heavy atom. The first-order chi connectivity index (χ1) is 8.24. The lowest BCUT2D eigenvalue weighted by Crippen LogP contribution is -2.12. The van der Waals surface area contributed by atoms with E-state index in [1.807, 2.05) is 0 Å². The number of hydrogen-bond acceptors (Lipinski definition) is 1. The second-order valence-corrected chi connectivity index (χ2v) is 5.16. The average molecular weight is 230 g/mol. The molecule has 17 heavy (non-hydrogen) atoms. The fourth-order valence-corrected chi connectivity index (χ4v) is 2.58. The molecule has 2 rings (SSSR count). The van der Waals surface area contributed by atoms with Gasteiger partial charge in [-0.2, -0.15) is 0 Å². The summed E-state index contributed by atoms with van der Waals surface area (Å²) in [7, 11) is 0. The standard InChI is InChI=1S/C16H22O/c1-13-6-5-9-15(10-13)12-16(17)11-14-7-3-2-4-8-14/h5-7,9-10,16-17H,2-4,8,11-12H2,1H3. The van der Waals surface area contributed by atoms with E-state index in [9.17, 15) is 5.11 Å². The van der Waals surface area contributed by atoms with E-state index < -0.39 is 0 Å². The van der Waals surface area contributed by atoms with Gasteiger partial charge in [0.2, 0.25) is 0 Å². The molecule has 1 aromatic rings. The summed E-state index contributed by atoms with van der Waals surface area (Å²) in [6.45, 7) is 2.10. The minimum absolute atomic E-state index is 0.221. The highest BCUT2D eigenvalue weighted by atomic mass is 16.3. The summed E-state index contributed by atoms with van der Waals surface area (Å²) in [5, 5.41) is 10.1. The van der Waals surface area contributed by atoms with Gasteiger partial charge in [-0.25, -0.2) is 0 Å². The Hall–Kier alpha value is -1.08. The smallest absolute Gasteiger partial charge is 0.0617 e. The summed E-state index contributed by atoms with van der Waals surface area (Å²) in [5.74, 6) is 0. The lowest BCUT2D eigenvalue weighted by atomic mass is 9.93. The van der Waals surface area contributed by atoms with Crippen molar-refractivity contribution in [1.82, 2.24) is 0 Å². The molecule has 0 spiro atoms. The van der Waals surface area contributed by atoms with Crippen molar-refractivity contribution in [3.05, 3.63) is 47.0 Å². The Morgan fingerprint density at radius 1 is 1.24 bits per heavy atom. The predicted octanol–water partition coefficient (Wildman–Crippen LogP) is 3.79. The first-order valence-corrected chi connectivity index (χ1v) is 6.65. The Kier molecular flexibility index (Phi) is 4.38. The minimum atomic E-state index is -0.221. The van der Waals surface area contributed by atoms with Crippen LogP contribution >= 0.6 is 0 Å². The Balaban J connectivity index is 1.88. The van der Waals surface area contributed by atoms with E-state index in [-0.39, 0.29) is 6.10 Å². The highest BCUT2D eigenvalue weighted by molar-refractivity contribution is 5.23. The van der Waals surface area contributed by atoms with Crippen LogP contribution in [0.5, 0.6) is 0 Å². The normalized spacial score (nSPS) is 17.6. The van der Waals surface area contributed by atoms with Gasteiger partial charge in [0.05, 0.1) is 6.10 Å². The third kappa shape index (κ3) is 4.01. The number of rotatable bonds is 4.